The van der Waals surface area contributed by atoms with Crippen LogP contribution in [0.15, 0.2) is 48.9 Å². The summed E-state index contributed by atoms with van der Waals surface area (Å²) in [5, 5.41) is 8.98. The Morgan fingerprint density at radius 3 is 2.72 bits per heavy atom. The highest BCUT2D eigenvalue weighted by Gasteiger charge is 2.20. The van der Waals surface area contributed by atoms with E-state index in [2.05, 4.69) is 35.9 Å². The van der Waals surface area contributed by atoms with Gasteiger partial charge in [-0.15, -0.1) is 0 Å². The van der Waals surface area contributed by atoms with Crippen molar-refractivity contribution in [2.45, 2.75) is 26.2 Å². The molecule has 0 aliphatic heterocycles. The molecule has 128 valence electrons. The summed E-state index contributed by atoms with van der Waals surface area (Å²) in [7, 11) is 0. The van der Waals surface area contributed by atoms with Gasteiger partial charge in [0, 0.05) is 17.8 Å². The number of halogens is 1. The summed E-state index contributed by atoms with van der Waals surface area (Å²) in [6.07, 6.45) is 3.94. The van der Waals surface area contributed by atoms with Crippen molar-refractivity contribution in [2.24, 2.45) is 0 Å². The standard InChI is InChI=1S/C20H19FN2O2/c1-12-4-3-5-15(13(12)2)17(19-10-22-11-23-19)8-14-6-7-16(20(24)25)18(21)9-14/h3-7,9-11,17H,8H2,1-2H3,(H,22,23)(H,24,25). The Morgan fingerprint density at radius 1 is 1.28 bits per heavy atom. The van der Waals surface area contributed by atoms with E-state index in [1.807, 2.05) is 6.07 Å². The average Bonchev–Trinajstić information content (AvgIpc) is 3.09. The first-order chi connectivity index (χ1) is 12.0. The van der Waals surface area contributed by atoms with Gasteiger partial charge in [0.05, 0.1) is 11.9 Å². The second kappa shape index (κ2) is 6.89. The SMILES string of the molecule is Cc1cccc(C(Cc2ccc(C(=O)O)c(F)c2)c2cnc[nH]2)c1C. The smallest absolute Gasteiger partial charge is 0.338 e. The van der Waals surface area contributed by atoms with Crippen molar-refractivity contribution in [1.82, 2.24) is 9.97 Å². The fourth-order valence-electron chi connectivity index (χ4n) is 3.09. The molecule has 1 heterocycles. The van der Waals surface area contributed by atoms with Gasteiger partial charge in [-0.3, -0.25) is 0 Å². The van der Waals surface area contributed by atoms with E-state index in [0.29, 0.717) is 6.42 Å². The van der Waals surface area contributed by atoms with Crippen molar-refractivity contribution in [3.8, 4) is 0 Å². The lowest BCUT2D eigenvalue weighted by Crippen LogP contribution is -2.09. The summed E-state index contributed by atoms with van der Waals surface area (Å²) in [6, 6.07) is 10.4. The number of hydrogen-bond donors (Lipinski definition) is 2. The highest BCUT2D eigenvalue weighted by atomic mass is 19.1. The topological polar surface area (TPSA) is 66.0 Å². The van der Waals surface area contributed by atoms with Gasteiger partial charge in [0.25, 0.3) is 0 Å². The Morgan fingerprint density at radius 2 is 2.08 bits per heavy atom. The van der Waals surface area contributed by atoms with E-state index in [9.17, 15) is 9.18 Å². The lowest BCUT2D eigenvalue weighted by molar-refractivity contribution is 0.0692. The maximum Gasteiger partial charge on any atom is 0.338 e. The molecule has 0 radical (unpaired) electrons. The number of carboxylic acid groups (broad SMARTS) is 1. The highest BCUT2D eigenvalue weighted by molar-refractivity contribution is 5.87. The largest absolute Gasteiger partial charge is 0.478 e. The fraction of sp³-hybridized carbons (Fsp3) is 0.200. The summed E-state index contributed by atoms with van der Waals surface area (Å²) < 4.78 is 14.0. The van der Waals surface area contributed by atoms with Gasteiger partial charge in [-0.1, -0.05) is 24.3 Å². The number of nitrogens with one attached hydrogen (secondary N) is 1. The van der Waals surface area contributed by atoms with Crippen LogP contribution < -0.4 is 0 Å². The van der Waals surface area contributed by atoms with Crippen LogP contribution in [0.1, 0.15) is 44.2 Å². The van der Waals surface area contributed by atoms with E-state index in [-0.39, 0.29) is 11.5 Å². The molecule has 0 spiro atoms. The third-order valence-corrected chi connectivity index (χ3v) is 4.62. The molecule has 2 N–H and O–H groups in total. The molecule has 0 saturated heterocycles. The predicted molar refractivity (Wildman–Crippen MR) is 93.4 cm³/mol. The van der Waals surface area contributed by atoms with Gasteiger partial charge in [-0.25, -0.2) is 14.2 Å². The van der Waals surface area contributed by atoms with E-state index in [1.165, 1.54) is 23.3 Å². The third-order valence-electron chi connectivity index (χ3n) is 4.62. The van der Waals surface area contributed by atoms with Crippen LogP contribution in [0.2, 0.25) is 0 Å². The molecule has 0 fully saturated rings. The minimum atomic E-state index is -1.26. The first kappa shape index (κ1) is 16.9. The Balaban J connectivity index is 2.01. The summed E-state index contributed by atoms with van der Waals surface area (Å²) >= 11 is 0. The molecular weight excluding hydrogens is 319 g/mol. The lowest BCUT2D eigenvalue weighted by atomic mass is 9.85. The lowest BCUT2D eigenvalue weighted by Gasteiger charge is -2.20. The molecule has 4 nitrogen and oxygen atoms in total. The van der Waals surface area contributed by atoms with Crippen LogP contribution in [0.25, 0.3) is 0 Å². The maximum absolute atomic E-state index is 14.0. The van der Waals surface area contributed by atoms with Crippen LogP contribution in [0.5, 0.6) is 0 Å². The van der Waals surface area contributed by atoms with Crippen molar-refractivity contribution in [3.63, 3.8) is 0 Å². The molecule has 1 aromatic heterocycles. The fourth-order valence-corrected chi connectivity index (χ4v) is 3.09. The monoisotopic (exact) mass is 338 g/mol. The van der Waals surface area contributed by atoms with Crippen LogP contribution in [0, 0.1) is 19.7 Å². The number of nitrogens with zero attached hydrogens (tertiary/aromatic N) is 1. The molecule has 0 bridgehead atoms. The van der Waals surface area contributed by atoms with Gasteiger partial charge in [0.15, 0.2) is 0 Å². The Labute approximate surface area is 145 Å². The molecule has 0 saturated carbocycles. The van der Waals surface area contributed by atoms with E-state index in [1.54, 1.807) is 18.6 Å². The van der Waals surface area contributed by atoms with Crippen molar-refractivity contribution < 1.29 is 14.3 Å². The van der Waals surface area contributed by atoms with Gasteiger partial charge in [0.2, 0.25) is 0 Å². The summed E-state index contributed by atoms with van der Waals surface area (Å²) in [4.78, 5) is 18.3. The predicted octanol–water partition coefficient (Wildman–Crippen LogP) is 4.24. The minimum Gasteiger partial charge on any atom is -0.478 e. The normalized spacial score (nSPS) is 12.1. The highest BCUT2D eigenvalue weighted by Crippen LogP contribution is 2.31. The molecule has 0 aliphatic carbocycles. The molecule has 1 atom stereocenters. The number of imidazole rings is 1. The Kier molecular flexibility index (Phi) is 4.65. The van der Waals surface area contributed by atoms with Gasteiger partial charge in [-0.2, -0.15) is 0 Å². The maximum atomic E-state index is 14.0. The molecule has 5 heteroatoms. The first-order valence-electron chi connectivity index (χ1n) is 8.03. The van der Waals surface area contributed by atoms with Crippen molar-refractivity contribution in [1.29, 1.82) is 0 Å². The number of aromatic carboxylic acids is 1. The number of hydrogen-bond acceptors (Lipinski definition) is 2. The van der Waals surface area contributed by atoms with Crippen LogP contribution in [0.3, 0.4) is 0 Å². The number of aryl methyl sites for hydroxylation is 1. The minimum absolute atomic E-state index is 0.0162. The van der Waals surface area contributed by atoms with Gasteiger partial charge < -0.3 is 10.1 Å². The van der Waals surface area contributed by atoms with Crippen molar-refractivity contribution in [2.75, 3.05) is 0 Å². The number of carbonyl (C=O) groups is 1. The summed E-state index contributed by atoms with van der Waals surface area (Å²) in [5.41, 5.74) is 4.89. The molecule has 2 aromatic carbocycles. The van der Waals surface area contributed by atoms with Crippen LogP contribution in [-0.2, 0) is 6.42 Å². The Hall–Kier alpha value is -2.95. The second-order valence-corrected chi connectivity index (χ2v) is 6.17. The zero-order valence-electron chi connectivity index (χ0n) is 14.1. The molecular formula is C20H19FN2O2. The van der Waals surface area contributed by atoms with E-state index >= 15 is 0 Å². The van der Waals surface area contributed by atoms with E-state index in [0.717, 1.165) is 16.8 Å². The molecule has 0 aliphatic rings. The summed E-state index contributed by atoms with van der Waals surface area (Å²) in [5.74, 6) is -1.99. The molecule has 3 aromatic rings. The molecule has 3 rings (SSSR count). The van der Waals surface area contributed by atoms with Crippen LogP contribution in [-0.4, -0.2) is 21.0 Å². The van der Waals surface area contributed by atoms with E-state index < -0.39 is 11.8 Å². The van der Waals surface area contributed by atoms with Crippen molar-refractivity contribution in [3.05, 3.63) is 88.3 Å². The average molecular weight is 338 g/mol. The number of H-pyrrole nitrogens is 1. The zero-order valence-corrected chi connectivity index (χ0v) is 14.1. The third kappa shape index (κ3) is 3.45. The zero-order chi connectivity index (χ0) is 18.0. The number of aromatic nitrogens is 2. The number of aromatic amines is 1. The van der Waals surface area contributed by atoms with Crippen LogP contribution >= 0.6 is 0 Å². The van der Waals surface area contributed by atoms with Crippen LogP contribution in [0.4, 0.5) is 4.39 Å². The second-order valence-electron chi connectivity index (χ2n) is 6.17. The van der Waals surface area contributed by atoms with Crippen molar-refractivity contribution >= 4 is 5.97 Å². The number of benzene rings is 2. The van der Waals surface area contributed by atoms with Gasteiger partial charge in [0.1, 0.15) is 5.82 Å². The number of rotatable bonds is 5. The van der Waals surface area contributed by atoms with E-state index in [4.69, 9.17) is 5.11 Å². The van der Waals surface area contributed by atoms with Gasteiger partial charge >= 0.3 is 5.97 Å². The molecule has 25 heavy (non-hydrogen) atoms. The Bertz CT molecular complexity index is 904. The first-order valence-corrected chi connectivity index (χ1v) is 8.03. The molecule has 1 unspecified atom stereocenters. The molecule has 0 amide bonds. The van der Waals surface area contributed by atoms with Gasteiger partial charge in [-0.05, 0) is 54.7 Å². The quantitative estimate of drug-likeness (QED) is 0.731. The summed E-state index contributed by atoms with van der Waals surface area (Å²) in [6.45, 7) is 4.13. The number of carboxylic acids is 1.